The number of carbonyl (C=O) groups is 1. The van der Waals surface area contributed by atoms with Gasteiger partial charge in [-0.15, -0.1) is 0 Å². The number of nitrogens with zero attached hydrogens (tertiary/aromatic N) is 2. The smallest absolute Gasteiger partial charge is 0.278 e. The van der Waals surface area contributed by atoms with E-state index in [1.54, 1.807) is 42.1 Å². The number of para-hydroxylation sites is 2. The molecule has 1 amide bonds. The summed E-state index contributed by atoms with van der Waals surface area (Å²) in [5, 5.41) is 2.89. The predicted molar refractivity (Wildman–Crippen MR) is 132 cm³/mol. The van der Waals surface area contributed by atoms with Crippen LogP contribution < -0.4 is 25.1 Å². The molecule has 3 aromatic carbocycles. The monoisotopic (exact) mass is 471 g/mol. The van der Waals surface area contributed by atoms with E-state index in [2.05, 4.69) is 5.32 Å². The molecular formula is C27H25N3O5. The fourth-order valence-electron chi connectivity index (χ4n) is 4.21. The van der Waals surface area contributed by atoms with E-state index in [0.29, 0.717) is 47.3 Å². The van der Waals surface area contributed by atoms with Crippen LogP contribution in [0.5, 0.6) is 23.1 Å². The molecule has 2 heterocycles. The number of hydrogen-bond acceptors (Lipinski definition) is 5. The van der Waals surface area contributed by atoms with Gasteiger partial charge >= 0.3 is 0 Å². The van der Waals surface area contributed by atoms with E-state index < -0.39 is 0 Å². The summed E-state index contributed by atoms with van der Waals surface area (Å²) in [5.74, 6) is 1.87. The van der Waals surface area contributed by atoms with Crippen LogP contribution in [0.25, 0.3) is 5.69 Å². The molecule has 4 aromatic rings. The quantitative estimate of drug-likeness (QED) is 0.381. The number of anilines is 1. The zero-order valence-corrected chi connectivity index (χ0v) is 19.5. The van der Waals surface area contributed by atoms with E-state index in [9.17, 15) is 9.59 Å². The minimum Gasteiger partial charge on any atom is -0.494 e. The van der Waals surface area contributed by atoms with Gasteiger partial charge in [-0.05, 0) is 49.4 Å². The number of carbonyl (C=O) groups excluding carboxylic acids is 1. The second kappa shape index (κ2) is 9.42. The van der Waals surface area contributed by atoms with Gasteiger partial charge in [0.25, 0.3) is 5.56 Å². The van der Waals surface area contributed by atoms with Gasteiger partial charge in [-0.3, -0.25) is 9.59 Å². The topological polar surface area (TPSA) is 83.7 Å². The molecule has 8 heteroatoms. The standard InChI is InChI=1S/C27H25N3O5/c1-3-34-21-14-12-19(13-15-21)28-24(31)17-29-27-22(26(32)30(29)20-9-5-4-6-10-20)16-18-8-7-11-23(33-2)25(18)35-27/h4-15H,3,16-17H2,1-2H3,(H,28,31). The summed E-state index contributed by atoms with van der Waals surface area (Å²) >= 11 is 0. The van der Waals surface area contributed by atoms with Crippen molar-refractivity contribution in [2.75, 3.05) is 19.0 Å². The molecule has 1 aliphatic rings. The van der Waals surface area contributed by atoms with Crippen LogP contribution in [0.3, 0.4) is 0 Å². The number of ether oxygens (including phenoxy) is 3. The average molecular weight is 472 g/mol. The van der Waals surface area contributed by atoms with E-state index in [1.165, 1.54) is 4.68 Å². The van der Waals surface area contributed by atoms with E-state index in [0.717, 1.165) is 11.3 Å². The lowest BCUT2D eigenvalue weighted by molar-refractivity contribution is -0.117. The Labute approximate surface area is 202 Å². The third kappa shape index (κ3) is 4.26. The summed E-state index contributed by atoms with van der Waals surface area (Å²) in [6, 6.07) is 21.9. The Hall–Kier alpha value is -4.46. The lowest BCUT2D eigenvalue weighted by Crippen LogP contribution is -2.27. The number of nitrogens with one attached hydrogen (secondary N) is 1. The third-order valence-electron chi connectivity index (χ3n) is 5.77. The molecule has 1 N–H and O–H groups in total. The van der Waals surface area contributed by atoms with E-state index in [-0.39, 0.29) is 18.0 Å². The molecule has 0 unspecified atom stereocenters. The van der Waals surface area contributed by atoms with Crippen LogP contribution in [0.15, 0.2) is 77.6 Å². The minimum atomic E-state index is -0.300. The number of amides is 1. The second-order valence-corrected chi connectivity index (χ2v) is 8.03. The number of fused-ring (bicyclic) bond motifs is 2. The summed E-state index contributed by atoms with van der Waals surface area (Å²) < 4.78 is 20.2. The fourth-order valence-corrected chi connectivity index (χ4v) is 4.21. The Morgan fingerprint density at radius 3 is 2.51 bits per heavy atom. The zero-order chi connectivity index (χ0) is 24.4. The summed E-state index contributed by atoms with van der Waals surface area (Å²) in [4.78, 5) is 26.6. The maximum atomic E-state index is 13.5. The third-order valence-corrected chi connectivity index (χ3v) is 5.77. The Morgan fingerprint density at radius 1 is 1.03 bits per heavy atom. The number of rotatable bonds is 7. The predicted octanol–water partition coefficient (Wildman–Crippen LogP) is 4.38. The van der Waals surface area contributed by atoms with Gasteiger partial charge in [-0.25, -0.2) is 9.36 Å². The molecule has 1 aromatic heterocycles. The van der Waals surface area contributed by atoms with Gasteiger partial charge in [-0.2, -0.15) is 0 Å². The summed E-state index contributed by atoms with van der Waals surface area (Å²) in [6.45, 7) is 2.35. The molecule has 8 nitrogen and oxygen atoms in total. The number of hydrogen-bond donors (Lipinski definition) is 1. The van der Waals surface area contributed by atoms with Crippen molar-refractivity contribution in [2.45, 2.75) is 19.9 Å². The highest BCUT2D eigenvalue weighted by Crippen LogP contribution is 2.41. The highest BCUT2D eigenvalue weighted by Gasteiger charge is 2.30. The van der Waals surface area contributed by atoms with Crippen molar-refractivity contribution in [1.29, 1.82) is 0 Å². The normalized spacial score (nSPS) is 11.7. The maximum Gasteiger partial charge on any atom is 0.278 e. The van der Waals surface area contributed by atoms with Gasteiger partial charge in [0.2, 0.25) is 11.8 Å². The molecular weight excluding hydrogens is 446 g/mol. The summed E-state index contributed by atoms with van der Waals surface area (Å²) in [5.41, 5.74) is 2.38. The highest BCUT2D eigenvalue weighted by molar-refractivity contribution is 5.90. The van der Waals surface area contributed by atoms with Crippen molar-refractivity contribution in [3.8, 4) is 28.8 Å². The molecule has 1 aliphatic heterocycles. The molecule has 0 saturated carbocycles. The molecule has 0 saturated heterocycles. The van der Waals surface area contributed by atoms with Crippen molar-refractivity contribution in [3.63, 3.8) is 0 Å². The van der Waals surface area contributed by atoms with Crippen molar-refractivity contribution >= 4 is 11.6 Å². The van der Waals surface area contributed by atoms with Gasteiger partial charge in [0.15, 0.2) is 11.5 Å². The Bertz CT molecular complexity index is 1420. The van der Waals surface area contributed by atoms with Crippen molar-refractivity contribution in [3.05, 3.63) is 94.3 Å². The first-order valence-electron chi connectivity index (χ1n) is 11.4. The minimum absolute atomic E-state index is 0.128. The van der Waals surface area contributed by atoms with Gasteiger partial charge in [0.1, 0.15) is 12.3 Å². The Kier molecular flexibility index (Phi) is 6.01. The molecule has 0 atom stereocenters. The largest absolute Gasteiger partial charge is 0.494 e. The first-order valence-corrected chi connectivity index (χ1v) is 11.4. The fraction of sp³-hybridized carbons (Fsp3) is 0.185. The van der Waals surface area contributed by atoms with Crippen LogP contribution in [0, 0.1) is 0 Å². The summed E-state index contributed by atoms with van der Waals surface area (Å²) in [7, 11) is 1.57. The van der Waals surface area contributed by atoms with E-state index >= 15 is 0 Å². The molecule has 35 heavy (non-hydrogen) atoms. The Morgan fingerprint density at radius 2 is 1.80 bits per heavy atom. The van der Waals surface area contributed by atoms with Gasteiger partial charge in [0.05, 0.1) is 25.0 Å². The molecule has 0 bridgehead atoms. The van der Waals surface area contributed by atoms with Crippen LogP contribution in [-0.4, -0.2) is 29.0 Å². The second-order valence-electron chi connectivity index (χ2n) is 8.03. The molecule has 0 fully saturated rings. The molecule has 0 spiro atoms. The number of aromatic nitrogens is 2. The average Bonchev–Trinajstić information content (AvgIpc) is 3.14. The van der Waals surface area contributed by atoms with Gasteiger partial charge in [-0.1, -0.05) is 30.3 Å². The van der Waals surface area contributed by atoms with E-state index in [1.807, 2.05) is 49.4 Å². The summed E-state index contributed by atoms with van der Waals surface area (Å²) in [6.07, 6.45) is 0.376. The Balaban J connectivity index is 1.52. The molecule has 5 rings (SSSR count). The van der Waals surface area contributed by atoms with E-state index in [4.69, 9.17) is 14.2 Å². The molecule has 0 aliphatic carbocycles. The number of benzene rings is 3. The lowest BCUT2D eigenvalue weighted by Gasteiger charge is -2.21. The molecule has 0 radical (unpaired) electrons. The SMILES string of the molecule is CCOc1ccc(NC(=O)Cn2c3c(c(=O)n2-c2ccccc2)Cc2cccc(OC)c2O3)cc1. The zero-order valence-electron chi connectivity index (χ0n) is 19.5. The number of methoxy groups -OCH3 is 1. The lowest BCUT2D eigenvalue weighted by atomic mass is 10.0. The van der Waals surface area contributed by atoms with Crippen LogP contribution in [0.1, 0.15) is 18.1 Å². The first kappa shape index (κ1) is 22.3. The highest BCUT2D eigenvalue weighted by atomic mass is 16.5. The van der Waals surface area contributed by atoms with Crippen LogP contribution in [0.2, 0.25) is 0 Å². The van der Waals surface area contributed by atoms with Crippen LogP contribution in [-0.2, 0) is 17.8 Å². The van der Waals surface area contributed by atoms with Crippen LogP contribution in [0.4, 0.5) is 5.69 Å². The maximum absolute atomic E-state index is 13.5. The van der Waals surface area contributed by atoms with Crippen molar-refractivity contribution in [1.82, 2.24) is 9.36 Å². The molecule has 178 valence electrons. The van der Waals surface area contributed by atoms with Crippen molar-refractivity contribution < 1.29 is 19.0 Å². The van der Waals surface area contributed by atoms with Crippen molar-refractivity contribution in [2.24, 2.45) is 0 Å². The van der Waals surface area contributed by atoms with Gasteiger partial charge in [0, 0.05) is 17.7 Å². The van der Waals surface area contributed by atoms with Gasteiger partial charge < -0.3 is 19.5 Å². The first-order chi connectivity index (χ1) is 17.1. The van der Waals surface area contributed by atoms with Crippen LogP contribution >= 0.6 is 0 Å².